The second-order valence-electron chi connectivity index (χ2n) is 3.69. The molecule has 2 nitrogen and oxygen atoms in total. The van der Waals surface area contributed by atoms with Gasteiger partial charge in [-0.2, -0.15) is 0 Å². The molecular formula is C11H14BrFO2. The molecule has 0 aliphatic rings. The largest absolute Gasteiger partial charge is 0.492 e. The van der Waals surface area contributed by atoms with Gasteiger partial charge in [0.25, 0.3) is 0 Å². The number of benzene rings is 1. The molecule has 0 spiro atoms. The van der Waals surface area contributed by atoms with Crippen LogP contribution < -0.4 is 4.74 Å². The van der Waals surface area contributed by atoms with Gasteiger partial charge < -0.3 is 9.47 Å². The number of halogens is 2. The van der Waals surface area contributed by atoms with Gasteiger partial charge in [-0.25, -0.2) is 4.39 Å². The fraction of sp³-hybridized carbons (Fsp3) is 0.455. The van der Waals surface area contributed by atoms with Gasteiger partial charge in [0, 0.05) is 7.11 Å². The lowest BCUT2D eigenvalue weighted by atomic mass is 9.98. The fourth-order valence-electron chi connectivity index (χ4n) is 1.22. The third-order valence-corrected chi connectivity index (χ3v) is 3.00. The van der Waals surface area contributed by atoms with Gasteiger partial charge in [-0.3, -0.25) is 0 Å². The Balaban J connectivity index is 3.26. The van der Waals surface area contributed by atoms with Crippen LogP contribution >= 0.6 is 15.9 Å². The first-order chi connectivity index (χ1) is 6.92. The van der Waals surface area contributed by atoms with Crippen molar-refractivity contribution in [1.82, 2.24) is 0 Å². The predicted octanol–water partition coefficient (Wildman–Crippen LogP) is 3.48. The Morgan fingerprint density at radius 2 is 1.87 bits per heavy atom. The molecule has 1 rings (SSSR count). The summed E-state index contributed by atoms with van der Waals surface area (Å²) in [6.07, 6.45) is 0. The van der Waals surface area contributed by atoms with Gasteiger partial charge in [0.05, 0.1) is 17.2 Å². The van der Waals surface area contributed by atoms with Crippen molar-refractivity contribution in [2.24, 2.45) is 0 Å². The van der Waals surface area contributed by atoms with E-state index in [1.54, 1.807) is 13.2 Å². The quantitative estimate of drug-likeness (QED) is 0.842. The molecule has 1 aromatic carbocycles. The third-order valence-electron chi connectivity index (χ3n) is 2.41. The molecule has 84 valence electrons. The Bertz CT molecular complexity index is 341. The Morgan fingerprint density at radius 1 is 1.27 bits per heavy atom. The summed E-state index contributed by atoms with van der Waals surface area (Å²) in [7, 11) is 3.03. The Morgan fingerprint density at radius 3 is 2.27 bits per heavy atom. The summed E-state index contributed by atoms with van der Waals surface area (Å²) in [5.74, 6) is -0.183. The lowest BCUT2D eigenvalue weighted by Gasteiger charge is -2.24. The predicted molar refractivity (Wildman–Crippen MR) is 60.7 cm³/mol. The van der Waals surface area contributed by atoms with Crippen LogP contribution in [0.3, 0.4) is 0 Å². The van der Waals surface area contributed by atoms with E-state index in [1.165, 1.54) is 13.2 Å². The number of ether oxygens (including phenoxy) is 2. The molecule has 0 bridgehead atoms. The second kappa shape index (κ2) is 4.49. The molecule has 0 atom stereocenters. The Hall–Kier alpha value is -0.610. The Labute approximate surface area is 97.5 Å². The fourth-order valence-corrected chi connectivity index (χ4v) is 1.82. The van der Waals surface area contributed by atoms with Gasteiger partial charge in [-0.1, -0.05) is 0 Å². The molecule has 1 aromatic rings. The monoisotopic (exact) mass is 276 g/mol. The zero-order chi connectivity index (χ0) is 11.6. The molecular weight excluding hydrogens is 263 g/mol. The van der Waals surface area contributed by atoms with Crippen LogP contribution in [-0.2, 0) is 10.3 Å². The van der Waals surface area contributed by atoms with Crippen molar-refractivity contribution in [2.75, 3.05) is 14.2 Å². The van der Waals surface area contributed by atoms with Crippen LogP contribution in [0.15, 0.2) is 16.6 Å². The van der Waals surface area contributed by atoms with E-state index in [4.69, 9.17) is 9.47 Å². The first-order valence-electron chi connectivity index (χ1n) is 4.51. The molecule has 0 aliphatic carbocycles. The average Bonchev–Trinajstić information content (AvgIpc) is 2.17. The summed E-state index contributed by atoms with van der Waals surface area (Å²) >= 11 is 3.26. The van der Waals surface area contributed by atoms with E-state index < -0.39 is 11.4 Å². The highest BCUT2D eigenvalue weighted by Gasteiger charge is 2.22. The van der Waals surface area contributed by atoms with Gasteiger partial charge in [0.1, 0.15) is 0 Å². The topological polar surface area (TPSA) is 18.5 Å². The van der Waals surface area contributed by atoms with Crippen LogP contribution in [0, 0.1) is 5.82 Å². The van der Waals surface area contributed by atoms with E-state index in [0.717, 1.165) is 5.56 Å². The van der Waals surface area contributed by atoms with E-state index in [-0.39, 0.29) is 5.75 Å². The summed E-state index contributed by atoms with van der Waals surface area (Å²) < 4.78 is 24.3. The molecule has 0 amide bonds. The van der Waals surface area contributed by atoms with Crippen LogP contribution in [-0.4, -0.2) is 14.2 Å². The summed E-state index contributed by atoms with van der Waals surface area (Å²) in [4.78, 5) is 0. The van der Waals surface area contributed by atoms with E-state index in [2.05, 4.69) is 15.9 Å². The maximum absolute atomic E-state index is 13.6. The van der Waals surface area contributed by atoms with Crippen molar-refractivity contribution in [3.8, 4) is 5.75 Å². The molecule has 0 fully saturated rings. The van der Waals surface area contributed by atoms with E-state index in [9.17, 15) is 4.39 Å². The van der Waals surface area contributed by atoms with Crippen molar-refractivity contribution >= 4 is 15.9 Å². The van der Waals surface area contributed by atoms with Crippen LogP contribution in [0.25, 0.3) is 0 Å². The highest BCUT2D eigenvalue weighted by Crippen LogP contribution is 2.34. The van der Waals surface area contributed by atoms with Gasteiger partial charge in [0.2, 0.25) is 0 Å². The molecule has 0 aromatic heterocycles. The highest BCUT2D eigenvalue weighted by atomic mass is 79.9. The van der Waals surface area contributed by atoms with Gasteiger partial charge in [0.15, 0.2) is 11.6 Å². The van der Waals surface area contributed by atoms with Crippen molar-refractivity contribution < 1.29 is 13.9 Å². The minimum Gasteiger partial charge on any atom is -0.492 e. The van der Waals surface area contributed by atoms with Gasteiger partial charge >= 0.3 is 0 Å². The summed E-state index contributed by atoms with van der Waals surface area (Å²) in [6, 6.07) is 3.22. The first kappa shape index (κ1) is 12.5. The maximum Gasteiger partial charge on any atom is 0.168 e. The lowest BCUT2D eigenvalue weighted by Crippen LogP contribution is -2.19. The zero-order valence-electron chi connectivity index (χ0n) is 9.23. The smallest absolute Gasteiger partial charge is 0.168 e. The molecule has 0 saturated carbocycles. The maximum atomic E-state index is 13.6. The van der Waals surface area contributed by atoms with Crippen molar-refractivity contribution in [2.45, 2.75) is 19.4 Å². The number of hydrogen-bond acceptors (Lipinski definition) is 2. The molecule has 0 saturated heterocycles. The molecule has 0 radical (unpaired) electrons. The number of rotatable bonds is 3. The van der Waals surface area contributed by atoms with Gasteiger partial charge in [-0.05, 0) is 47.5 Å². The van der Waals surface area contributed by atoms with Crippen LogP contribution in [0.5, 0.6) is 5.75 Å². The molecule has 0 aliphatic heterocycles. The van der Waals surface area contributed by atoms with Crippen LogP contribution in [0.1, 0.15) is 19.4 Å². The van der Waals surface area contributed by atoms with E-state index in [0.29, 0.717) is 4.47 Å². The van der Waals surface area contributed by atoms with Crippen LogP contribution in [0.2, 0.25) is 0 Å². The van der Waals surface area contributed by atoms with Crippen molar-refractivity contribution in [1.29, 1.82) is 0 Å². The summed E-state index contributed by atoms with van der Waals surface area (Å²) in [5, 5.41) is 0. The number of methoxy groups -OCH3 is 2. The lowest BCUT2D eigenvalue weighted by molar-refractivity contribution is 0.0188. The standard InChI is InChI=1S/C11H14BrFO2/c1-11(2,15-4)7-5-8(12)10(14-3)9(13)6-7/h5-6H,1-4H3. The second-order valence-corrected chi connectivity index (χ2v) is 4.54. The van der Waals surface area contributed by atoms with Crippen LogP contribution in [0.4, 0.5) is 4.39 Å². The highest BCUT2D eigenvalue weighted by molar-refractivity contribution is 9.10. The molecule has 0 unspecified atom stereocenters. The minimum absolute atomic E-state index is 0.214. The van der Waals surface area contributed by atoms with Crippen molar-refractivity contribution in [3.05, 3.63) is 28.0 Å². The van der Waals surface area contributed by atoms with E-state index in [1.807, 2.05) is 13.8 Å². The normalized spacial score (nSPS) is 11.6. The minimum atomic E-state index is -0.518. The zero-order valence-corrected chi connectivity index (χ0v) is 10.8. The van der Waals surface area contributed by atoms with Crippen molar-refractivity contribution in [3.63, 3.8) is 0 Å². The number of hydrogen-bond donors (Lipinski definition) is 0. The molecule has 15 heavy (non-hydrogen) atoms. The average molecular weight is 277 g/mol. The molecule has 0 heterocycles. The SMILES string of the molecule is COc1c(F)cc(C(C)(C)OC)cc1Br. The Kier molecular flexibility index (Phi) is 3.73. The first-order valence-corrected chi connectivity index (χ1v) is 5.30. The van der Waals surface area contributed by atoms with E-state index >= 15 is 0 Å². The molecule has 0 N–H and O–H groups in total. The summed E-state index contributed by atoms with van der Waals surface area (Å²) in [6.45, 7) is 3.75. The van der Waals surface area contributed by atoms with Gasteiger partial charge in [-0.15, -0.1) is 0 Å². The summed E-state index contributed by atoms with van der Waals surface area (Å²) in [5.41, 5.74) is 0.241. The third kappa shape index (κ3) is 2.49. The molecule has 4 heteroatoms.